The molecule has 1 N–H and O–H groups in total. The molecule has 1 fully saturated rings. The average Bonchev–Trinajstić information content (AvgIpc) is 3.02. The fourth-order valence-corrected chi connectivity index (χ4v) is 2.42. The van der Waals surface area contributed by atoms with Crippen molar-refractivity contribution in [2.75, 3.05) is 6.54 Å². The SMILES string of the molecule is Cc1ocnc1-c1cn([C@@H](C)CNC(=O)C2(C(F)(F)F)CC2)nn1. The topological polar surface area (TPSA) is 85.8 Å². The molecule has 7 nitrogen and oxygen atoms in total. The van der Waals surface area contributed by atoms with Crippen LogP contribution in [0.1, 0.15) is 31.6 Å². The van der Waals surface area contributed by atoms with Crippen LogP contribution >= 0.6 is 0 Å². The molecule has 1 aliphatic rings. The second-order valence-electron chi connectivity index (χ2n) is 5.98. The van der Waals surface area contributed by atoms with Crippen molar-refractivity contribution >= 4 is 5.91 Å². The van der Waals surface area contributed by atoms with Gasteiger partial charge in [-0.2, -0.15) is 13.2 Å². The van der Waals surface area contributed by atoms with E-state index in [1.807, 2.05) is 0 Å². The molecule has 1 aliphatic carbocycles. The van der Waals surface area contributed by atoms with Gasteiger partial charge in [-0.1, -0.05) is 5.21 Å². The van der Waals surface area contributed by atoms with Gasteiger partial charge in [0, 0.05) is 6.54 Å². The molecule has 2 aromatic rings. The standard InChI is InChI=1S/C14H16F3N5O2/c1-8(5-18-12(23)13(3-4-13)14(15,16)17)22-6-10(20-21-22)11-9(2)24-7-19-11/h6-8H,3-5H2,1-2H3,(H,18,23)/t8-/m0/s1. The normalized spacial score (nSPS) is 17.5. The highest BCUT2D eigenvalue weighted by molar-refractivity contribution is 5.86. The molecule has 130 valence electrons. The van der Waals surface area contributed by atoms with Gasteiger partial charge in [-0.25, -0.2) is 9.67 Å². The van der Waals surface area contributed by atoms with Crippen molar-refractivity contribution in [3.8, 4) is 11.4 Å². The molecule has 0 bridgehead atoms. The number of amides is 1. The van der Waals surface area contributed by atoms with Crippen LogP contribution in [0.4, 0.5) is 13.2 Å². The first-order valence-corrected chi connectivity index (χ1v) is 7.42. The summed E-state index contributed by atoms with van der Waals surface area (Å²) in [4.78, 5) is 15.9. The number of rotatable bonds is 5. The summed E-state index contributed by atoms with van der Waals surface area (Å²) in [6.45, 7) is 3.48. The maximum atomic E-state index is 12.9. The first-order chi connectivity index (χ1) is 11.2. The summed E-state index contributed by atoms with van der Waals surface area (Å²) in [5, 5.41) is 10.3. The monoisotopic (exact) mass is 343 g/mol. The van der Waals surface area contributed by atoms with E-state index in [9.17, 15) is 18.0 Å². The molecule has 3 rings (SSSR count). The first kappa shape index (κ1) is 16.5. The summed E-state index contributed by atoms with van der Waals surface area (Å²) >= 11 is 0. The molecule has 10 heteroatoms. The van der Waals surface area contributed by atoms with Crippen LogP contribution in [0.3, 0.4) is 0 Å². The summed E-state index contributed by atoms with van der Waals surface area (Å²) in [5.41, 5.74) is -1.17. The summed E-state index contributed by atoms with van der Waals surface area (Å²) in [5.74, 6) is -0.390. The minimum atomic E-state index is -4.51. The number of hydrogen-bond acceptors (Lipinski definition) is 5. The number of halogens is 3. The Morgan fingerprint density at radius 1 is 1.50 bits per heavy atom. The van der Waals surface area contributed by atoms with Crippen LogP contribution in [-0.4, -0.2) is 38.6 Å². The maximum absolute atomic E-state index is 12.9. The van der Waals surface area contributed by atoms with E-state index in [1.54, 1.807) is 20.0 Å². The van der Waals surface area contributed by atoms with Crippen LogP contribution in [0, 0.1) is 12.3 Å². The van der Waals surface area contributed by atoms with Crippen LogP contribution in [0.2, 0.25) is 0 Å². The Morgan fingerprint density at radius 3 is 2.75 bits per heavy atom. The van der Waals surface area contributed by atoms with E-state index in [0.717, 1.165) is 0 Å². The van der Waals surface area contributed by atoms with Gasteiger partial charge < -0.3 is 9.73 Å². The van der Waals surface area contributed by atoms with Crippen molar-refractivity contribution in [1.29, 1.82) is 0 Å². The van der Waals surface area contributed by atoms with Crippen LogP contribution in [0.15, 0.2) is 17.0 Å². The van der Waals surface area contributed by atoms with E-state index >= 15 is 0 Å². The van der Waals surface area contributed by atoms with Crippen LogP contribution in [0.25, 0.3) is 11.4 Å². The summed E-state index contributed by atoms with van der Waals surface area (Å²) < 4.78 is 45.2. The number of carbonyl (C=O) groups excluding carboxylic acids is 1. The summed E-state index contributed by atoms with van der Waals surface area (Å²) in [6, 6.07) is -0.355. The van der Waals surface area contributed by atoms with Crippen molar-refractivity contribution in [3.05, 3.63) is 18.4 Å². The van der Waals surface area contributed by atoms with Gasteiger partial charge in [0.05, 0.1) is 12.2 Å². The van der Waals surface area contributed by atoms with E-state index in [-0.39, 0.29) is 25.4 Å². The predicted molar refractivity (Wildman–Crippen MR) is 75.7 cm³/mol. The van der Waals surface area contributed by atoms with Crippen molar-refractivity contribution in [1.82, 2.24) is 25.3 Å². The molecule has 0 aliphatic heterocycles. The number of alkyl halides is 3. The van der Waals surface area contributed by atoms with Gasteiger partial charge in [-0.15, -0.1) is 5.10 Å². The fraction of sp³-hybridized carbons (Fsp3) is 0.571. The highest BCUT2D eigenvalue weighted by atomic mass is 19.4. The van der Waals surface area contributed by atoms with E-state index in [4.69, 9.17) is 4.42 Å². The lowest BCUT2D eigenvalue weighted by atomic mass is 10.1. The van der Waals surface area contributed by atoms with Gasteiger partial charge in [0.1, 0.15) is 22.6 Å². The van der Waals surface area contributed by atoms with E-state index in [1.165, 1.54) is 11.1 Å². The molecule has 0 unspecified atom stereocenters. The van der Waals surface area contributed by atoms with Gasteiger partial charge in [0.25, 0.3) is 0 Å². The third kappa shape index (κ3) is 2.76. The van der Waals surface area contributed by atoms with Gasteiger partial charge >= 0.3 is 6.18 Å². The fourth-order valence-electron chi connectivity index (χ4n) is 2.42. The number of hydrogen-bond donors (Lipinski definition) is 1. The molecule has 2 aromatic heterocycles. The van der Waals surface area contributed by atoms with Crippen molar-refractivity contribution in [3.63, 3.8) is 0 Å². The Bertz CT molecular complexity index is 748. The lowest BCUT2D eigenvalue weighted by molar-refractivity contribution is -0.192. The molecule has 1 atom stereocenters. The largest absolute Gasteiger partial charge is 0.448 e. The molecule has 2 heterocycles. The second-order valence-corrected chi connectivity index (χ2v) is 5.98. The number of oxazole rings is 1. The first-order valence-electron chi connectivity index (χ1n) is 7.42. The summed E-state index contributed by atoms with van der Waals surface area (Å²) in [6.07, 6.45) is -1.92. The Kier molecular flexibility index (Phi) is 3.84. The maximum Gasteiger partial charge on any atom is 0.403 e. The van der Waals surface area contributed by atoms with Gasteiger partial charge in [0.15, 0.2) is 6.39 Å². The number of aromatic nitrogens is 4. The second kappa shape index (κ2) is 5.60. The van der Waals surface area contributed by atoms with Crippen molar-refractivity contribution < 1.29 is 22.4 Å². The zero-order valence-electron chi connectivity index (χ0n) is 13.1. The number of aryl methyl sites for hydroxylation is 1. The molecule has 0 aromatic carbocycles. The average molecular weight is 343 g/mol. The molecule has 0 radical (unpaired) electrons. The molecular weight excluding hydrogens is 327 g/mol. The zero-order valence-corrected chi connectivity index (χ0v) is 13.1. The summed E-state index contributed by atoms with van der Waals surface area (Å²) in [7, 11) is 0. The molecular formula is C14H16F3N5O2. The van der Waals surface area contributed by atoms with E-state index < -0.39 is 17.5 Å². The number of carbonyl (C=O) groups is 1. The molecule has 0 spiro atoms. The minimum absolute atomic E-state index is 0.0251. The van der Waals surface area contributed by atoms with Gasteiger partial charge in [-0.3, -0.25) is 4.79 Å². The Labute approximate surface area is 135 Å². The third-order valence-corrected chi connectivity index (χ3v) is 4.23. The molecule has 1 amide bonds. The lowest BCUT2D eigenvalue weighted by Gasteiger charge is -2.20. The van der Waals surface area contributed by atoms with Crippen molar-refractivity contribution in [2.24, 2.45) is 5.41 Å². The van der Waals surface area contributed by atoms with Crippen LogP contribution in [0.5, 0.6) is 0 Å². The van der Waals surface area contributed by atoms with Gasteiger partial charge in [0.2, 0.25) is 5.91 Å². The number of nitrogens with one attached hydrogen (secondary N) is 1. The lowest BCUT2D eigenvalue weighted by Crippen LogP contribution is -2.42. The number of nitrogens with zero attached hydrogens (tertiary/aromatic N) is 4. The third-order valence-electron chi connectivity index (χ3n) is 4.23. The van der Waals surface area contributed by atoms with Crippen LogP contribution < -0.4 is 5.32 Å². The molecule has 0 saturated heterocycles. The Hall–Kier alpha value is -2.39. The minimum Gasteiger partial charge on any atom is -0.448 e. The molecule has 24 heavy (non-hydrogen) atoms. The predicted octanol–water partition coefficient (Wildman–Crippen LogP) is 2.26. The highest BCUT2D eigenvalue weighted by Gasteiger charge is 2.68. The Morgan fingerprint density at radius 2 is 2.21 bits per heavy atom. The highest BCUT2D eigenvalue weighted by Crippen LogP contribution is 2.57. The smallest absolute Gasteiger partial charge is 0.403 e. The quantitative estimate of drug-likeness (QED) is 0.900. The van der Waals surface area contributed by atoms with E-state index in [0.29, 0.717) is 17.1 Å². The molecule has 1 saturated carbocycles. The van der Waals surface area contributed by atoms with Gasteiger partial charge in [-0.05, 0) is 26.7 Å². The van der Waals surface area contributed by atoms with E-state index in [2.05, 4.69) is 20.6 Å². The Balaban J connectivity index is 1.62. The zero-order chi connectivity index (χ0) is 17.5. The van der Waals surface area contributed by atoms with Crippen molar-refractivity contribution in [2.45, 2.75) is 38.9 Å². The van der Waals surface area contributed by atoms with Crippen LogP contribution in [-0.2, 0) is 4.79 Å².